The molecule has 34 heavy (non-hydrogen) atoms. The number of carboxylic acids is 1. The summed E-state index contributed by atoms with van der Waals surface area (Å²) in [5.74, 6) is -3.62. The zero-order valence-corrected chi connectivity index (χ0v) is 17.9. The Morgan fingerprint density at radius 2 is 1.94 bits per heavy atom. The van der Waals surface area contributed by atoms with E-state index in [-0.39, 0.29) is 46.1 Å². The number of fused-ring (bicyclic) bond motifs is 1. The minimum absolute atomic E-state index is 0.0491. The van der Waals surface area contributed by atoms with Crippen LogP contribution in [-0.2, 0) is 6.54 Å². The number of hydrogen-bond donors (Lipinski definition) is 1. The molecule has 4 aromatic rings. The van der Waals surface area contributed by atoms with E-state index in [0.717, 1.165) is 6.07 Å². The molecule has 2 aromatic carbocycles. The lowest BCUT2D eigenvalue weighted by Crippen LogP contribution is -2.23. The van der Waals surface area contributed by atoms with Gasteiger partial charge in [-0.1, -0.05) is 11.6 Å². The molecule has 2 aromatic heterocycles. The number of aromatic nitrogens is 3. The number of hydrogen-bond acceptors (Lipinski definition) is 6. The number of halogens is 3. The van der Waals surface area contributed by atoms with E-state index in [1.165, 1.54) is 41.4 Å². The van der Waals surface area contributed by atoms with E-state index in [0.29, 0.717) is 11.6 Å². The molecule has 0 bridgehead atoms. The summed E-state index contributed by atoms with van der Waals surface area (Å²) < 4.78 is 35.4. The average Bonchev–Trinajstić information content (AvgIpc) is 2.81. The van der Waals surface area contributed by atoms with Gasteiger partial charge in [-0.05, 0) is 30.3 Å². The smallest absolute Gasteiger partial charge is 0.338 e. The number of benzene rings is 2. The van der Waals surface area contributed by atoms with Crippen LogP contribution in [0.3, 0.4) is 0 Å². The van der Waals surface area contributed by atoms with E-state index < -0.39 is 28.7 Å². The average molecular weight is 483 g/mol. The predicted octanol–water partition coefficient (Wildman–Crippen LogP) is 4.04. The van der Waals surface area contributed by atoms with Crippen LogP contribution < -0.4 is 10.3 Å². The summed E-state index contributed by atoms with van der Waals surface area (Å²) in [6, 6.07) is 8.85. The van der Waals surface area contributed by atoms with Gasteiger partial charge in [0.1, 0.15) is 35.8 Å². The summed E-state index contributed by atoms with van der Waals surface area (Å²) >= 11 is 6.03. The van der Waals surface area contributed by atoms with Crippen molar-refractivity contribution < 1.29 is 23.4 Å². The maximum Gasteiger partial charge on any atom is 0.338 e. The van der Waals surface area contributed by atoms with Crippen molar-refractivity contribution in [3.63, 3.8) is 0 Å². The minimum Gasteiger partial charge on any atom is -0.491 e. The molecule has 0 fully saturated rings. The summed E-state index contributed by atoms with van der Waals surface area (Å²) in [4.78, 5) is 32.0. The van der Waals surface area contributed by atoms with Crippen LogP contribution in [0.25, 0.3) is 22.0 Å². The fourth-order valence-corrected chi connectivity index (χ4v) is 3.47. The van der Waals surface area contributed by atoms with E-state index in [2.05, 4.69) is 9.97 Å². The Morgan fingerprint density at radius 1 is 1.15 bits per heavy atom. The maximum absolute atomic E-state index is 14.5. The third kappa shape index (κ3) is 4.42. The normalized spacial score (nSPS) is 10.8. The van der Waals surface area contributed by atoms with E-state index in [1.54, 1.807) is 0 Å². The molecule has 170 valence electrons. The van der Waals surface area contributed by atoms with Crippen molar-refractivity contribution in [2.24, 2.45) is 0 Å². The van der Waals surface area contributed by atoms with Crippen molar-refractivity contribution >= 4 is 28.5 Å². The number of ether oxygens (including phenoxy) is 1. The second-order valence-corrected chi connectivity index (χ2v) is 7.48. The molecule has 4 rings (SSSR count). The molecule has 11 heteroatoms. The van der Waals surface area contributed by atoms with Crippen LogP contribution in [0.5, 0.6) is 5.75 Å². The zero-order chi connectivity index (χ0) is 24.4. The van der Waals surface area contributed by atoms with Gasteiger partial charge < -0.3 is 9.84 Å². The van der Waals surface area contributed by atoms with Gasteiger partial charge in [-0.15, -0.1) is 0 Å². The molecule has 0 saturated carbocycles. The molecule has 0 saturated heterocycles. The summed E-state index contributed by atoms with van der Waals surface area (Å²) in [7, 11) is 0. The van der Waals surface area contributed by atoms with Crippen LogP contribution in [0.15, 0.2) is 53.7 Å². The molecule has 0 aliphatic rings. The van der Waals surface area contributed by atoms with Crippen LogP contribution in [0.4, 0.5) is 8.78 Å². The third-order valence-corrected chi connectivity index (χ3v) is 5.17. The molecule has 1 N–H and O–H groups in total. The Labute approximate surface area is 195 Å². The minimum atomic E-state index is -1.55. The molecule has 8 nitrogen and oxygen atoms in total. The second kappa shape index (κ2) is 9.25. The van der Waals surface area contributed by atoms with E-state index in [4.69, 9.17) is 21.6 Å². The summed E-state index contributed by atoms with van der Waals surface area (Å²) in [6.07, 6.45) is 2.64. The fourth-order valence-electron chi connectivity index (χ4n) is 3.29. The maximum atomic E-state index is 14.5. The number of aromatic carboxylic acids is 1. The Morgan fingerprint density at radius 3 is 2.68 bits per heavy atom. The number of carbonyl (C=O) groups is 1. The van der Waals surface area contributed by atoms with Crippen molar-refractivity contribution in [2.45, 2.75) is 6.54 Å². The molecule has 0 unspecified atom stereocenters. The Kier molecular flexibility index (Phi) is 6.21. The summed E-state index contributed by atoms with van der Waals surface area (Å²) in [5, 5.41) is 18.6. The van der Waals surface area contributed by atoms with Crippen LogP contribution in [-0.4, -0.2) is 32.2 Å². The van der Waals surface area contributed by atoms with Gasteiger partial charge in [-0.25, -0.2) is 23.5 Å². The van der Waals surface area contributed by atoms with E-state index >= 15 is 0 Å². The van der Waals surface area contributed by atoms with Gasteiger partial charge >= 0.3 is 5.97 Å². The van der Waals surface area contributed by atoms with Crippen molar-refractivity contribution in [3.8, 4) is 22.9 Å². The van der Waals surface area contributed by atoms with Crippen molar-refractivity contribution in [1.82, 2.24) is 14.5 Å². The first-order valence-corrected chi connectivity index (χ1v) is 10.1. The molecular weight excluding hydrogens is 470 g/mol. The number of nitriles is 1. The Balaban J connectivity index is 1.63. The van der Waals surface area contributed by atoms with Crippen LogP contribution >= 0.6 is 11.6 Å². The zero-order valence-electron chi connectivity index (χ0n) is 17.1. The van der Waals surface area contributed by atoms with Gasteiger partial charge in [-0.3, -0.25) is 9.36 Å². The topological polar surface area (TPSA) is 118 Å². The van der Waals surface area contributed by atoms with Crippen molar-refractivity contribution in [2.75, 3.05) is 6.61 Å². The molecule has 0 aliphatic carbocycles. The highest BCUT2D eigenvalue weighted by atomic mass is 35.5. The molecular formula is C23H13ClF2N4O4. The number of pyridine rings is 1. The molecule has 0 atom stereocenters. The molecule has 0 amide bonds. The van der Waals surface area contributed by atoms with Crippen LogP contribution in [0.2, 0.25) is 5.02 Å². The second-order valence-electron chi connectivity index (χ2n) is 7.05. The summed E-state index contributed by atoms with van der Waals surface area (Å²) in [5.41, 5.74) is -0.795. The Bertz CT molecular complexity index is 1550. The Hall–Kier alpha value is -4.36. The number of carboxylic acid groups (broad SMARTS) is 1. The summed E-state index contributed by atoms with van der Waals surface area (Å²) in [6.45, 7) is 0.00679. The van der Waals surface area contributed by atoms with Gasteiger partial charge in [0, 0.05) is 22.2 Å². The lowest BCUT2D eigenvalue weighted by Gasteiger charge is -2.14. The predicted molar refractivity (Wildman–Crippen MR) is 118 cm³/mol. The molecule has 2 heterocycles. The first-order valence-electron chi connectivity index (χ1n) is 9.69. The lowest BCUT2D eigenvalue weighted by molar-refractivity contribution is 0.0692. The third-order valence-electron chi connectivity index (χ3n) is 4.93. The van der Waals surface area contributed by atoms with Gasteiger partial charge in [0.25, 0.3) is 5.56 Å². The molecule has 0 aliphatic heterocycles. The SMILES string of the molecule is N#Cc1cc2c(=O)n(CCOc3ccc(Cl)cc3-c3cc(C(=O)O)c(F)cc3F)cnc2cn1. The lowest BCUT2D eigenvalue weighted by atomic mass is 10.0. The quantitative estimate of drug-likeness (QED) is 0.440. The van der Waals surface area contributed by atoms with Crippen molar-refractivity contribution in [3.05, 3.63) is 87.2 Å². The molecule has 0 radical (unpaired) electrons. The van der Waals surface area contributed by atoms with Crippen LogP contribution in [0, 0.1) is 23.0 Å². The van der Waals surface area contributed by atoms with Gasteiger partial charge in [0.15, 0.2) is 0 Å². The first-order chi connectivity index (χ1) is 16.3. The number of nitrogens with zero attached hydrogens (tertiary/aromatic N) is 4. The van der Waals surface area contributed by atoms with Gasteiger partial charge in [0.2, 0.25) is 0 Å². The largest absolute Gasteiger partial charge is 0.491 e. The van der Waals surface area contributed by atoms with Gasteiger partial charge in [-0.2, -0.15) is 5.26 Å². The number of rotatable bonds is 6. The fraction of sp³-hybridized carbons (Fsp3) is 0.0870. The monoisotopic (exact) mass is 482 g/mol. The highest BCUT2D eigenvalue weighted by Gasteiger charge is 2.19. The highest BCUT2D eigenvalue weighted by molar-refractivity contribution is 6.31. The van der Waals surface area contributed by atoms with Gasteiger partial charge in [0.05, 0.1) is 35.5 Å². The van der Waals surface area contributed by atoms with E-state index in [1.807, 2.05) is 6.07 Å². The standard InChI is InChI=1S/C23H13ClF2N4O4/c24-12-1-2-21(15(5-12)14-7-16(23(32)33)19(26)8-18(14)25)34-4-3-30-11-29-20-10-28-13(9-27)6-17(20)22(30)31/h1-2,5-8,10-11H,3-4H2,(H,32,33). The first kappa shape index (κ1) is 22.8. The molecule has 0 spiro atoms. The van der Waals surface area contributed by atoms with Crippen molar-refractivity contribution in [1.29, 1.82) is 5.26 Å². The van der Waals surface area contributed by atoms with E-state index in [9.17, 15) is 23.5 Å². The highest BCUT2D eigenvalue weighted by Crippen LogP contribution is 2.35. The van der Waals surface area contributed by atoms with Crippen LogP contribution in [0.1, 0.15) is 16.1 Å².